The van der Waals surface area contributed by atoms with E-state index in [4.69, 9.17) is 0 Å². The highest BCUT2D eigenvalue weighted by atomic mass is 19.1. The van der Waals surface area contributed by atoms with Gasteiger partial charge in [0, 0.05) is 36.3 Å². The zero-order chi connectivity index (χ0) is 13.4. The number of benzene rings is 1. The van der Waals surface area contributed by atoms with E-state index >= 15 is 0 Å². The number of fused-ring (bicyclic) bond motifs is 2. The first kappa shape index (κ1) is 13.0. The van der Waals surface area contributed by atoms with E-state index in [2.05, 4.69) is 17.3 Å². The van der Waals surface area contributed by atoms with Crippen molar-refractivity contribution in [3.63, 3.8) is 0 Å². The Bertz CT molecular complexity index is 449. The molecule has 2 aliphatic rings. The van der Waals surface area contributed by atoms with Crippen molar-refractivity contribution < 1.29 is 8.78 Å². The summed E-state index contributed by atoms with van der Waals surface area (Å²) in [6.07, 6.45) is 4.83. The molecule has 4 heteroatoms. The molecular weight excluding hydrogens is 246 g/mol. The normalized spacial score (nSPS) is 30.8. The van der Waals surface area contributed by atoms with E-state index in [-0.39, 0.29) is 0 Å². The standard InChI is InChI=1S/C15H20F2N2/c1-19-13-4-5-14(19)8-12(7-13)18-9-10-2-3-11(16)6-15(10)17/h2-3,6,12-14,18H,4-5,7-9H2,1H3/t12?,13-,14+. The first-order valence-corrected chi connectivity index (χ1v) is 7.02. The SMILES string of the molecule is CN1[C@@H]2CC[C@H]1CC(NCc1ccc(F)cc1F)C2. The summed E-state index contributed by atoms with van der Waals surface area (Å²) >= 11 is 0. The zero-order valence-electron chi connectivity index (χ0n) is 11.2. The molecule has 1 aromatic rings. The quantitative estimate of drug-likeness (QED) is 0.905. The van der Waals surface area contributed by atoms with Crippen LogP contribution in [0.15, 0.2) is 18.2 Å². The van der Waals surface area contributed by atoms with Gasteiger partial charge in [0.2, 0.25) is 0 Å². The Kier molecular flexibility index (Phi) is 3.54. The van der Waals surface area contributed by atoms with E-state index < -0.39 is 11.6 Å². The monoisotopic (exact) mass is 266 g/mol. The number of nitrogens with one attached hydrogen (secondary N) is 1. The molecule has 0 aromatic heterocycles. The summed E-state index contributed by atoms with van der Waals surface area (Å²) in [6.45, 7) is 0.486. The van der Waals surface area contributed by atoms with Crippen molar-refractivity contribution >= 4 is 0 Å². The fourth-order valence-electron chi connectivity index (χ4n) is 3.50. The molecule has 2 heterocycles. The molecule has 2 aliphatic heterocycles. The van der Waals surface area contributed by atoms with Gasteiger partial charge in [-0.25, -0.2) is 8.78 Å². The van der Waals surface area contributed by atoms with Crippen molar-refractivity contribution in [3.8, 4) is 0 Å². The lowest BCUT2D eigenvalue weighted by Gasteiger charge is -2.36. The van der Waals surface area contributed by atoms with E-state index in [0.717, 1.165) is 18.9 Å². The van der Waals surface area contributed by atoms with Crippen molar-refractivity contribution in [3.05, 3.63) is 35.4 Å². The molecule has 1 aromatic carbocycles. The molecule has 0 amide bonds. The maximum atomic E-state index is 13.5. The van der Waals surface area contributed by atoms with Crippen LogP contribution in [0.4, 0.5) is 8.78 Å². The van der Waals surface area contributed by atoms with Crippen LogP contribution < -0.4 is 5.32 Å². The molecule has 3 rings (SSSR count). The predicted octanol–water partition coefficient (Wildman–Crippen LogP) is 2.68. The number of nitrogens with zero attached hydrogens (tertiary/aromatic N) is 1. The third kappa shape index (κ3) is 2.65. The Morgan fingerprint density at radius 2 is 1.89 bits per heavy atom. The minimum atomic E-state index is -0.515. The fraction of sp³-hybridized carbons (Fsp3) is 0.600. The van der Waals surface area contributed by atoms with Gasteiger partial charge in [0.15, 0.2) is 0 Å². The van der Waals surface area contributed by atoms with Gasteiger partial charge in [0.25, 0.3) is 0 Å². The summed E-state index contributed by atoms with van der Waals surface area (Å²) in [6, 6.07) is 5.61. The summed E-state index contributed by atoms with van der Waals surface area (Å²) in [4.78, 5) is 2.48. The van der Waals surface area contributed by atoms with Gasteiger partial charge in [-0.3, -0.25) is 0 Å². The minimum absolute atomic E-state index is 0.455. The molecule has 1 unspecified atom stereocenters. The van der Waals surface area contributed by atoms with Crippen LogP contribution in [0.3, 0.4) is 0 Å². The molecule has 0 spiro atoms. The molecule has 3 atom stereocenters. The molecule has 0 aliphatic carbocycles. The third-order valence-electron chi connectivity index (χ3n) is 4.69. The maximum absolute atomic E-state index is 13.5. The minimum Gasteiger partial charge on any atom is -0.310 e. The lowest BCUT2D eigenvalue weighted by Crippen LogP contribution is -2.47. The zero-order valence-corrected chi connectivity index (χ0v) is 11.2. The Balaban J connectivity index is 1.58. The molecule has 2 saturated heterocycles. The smallest absolute Gasteiger partial charge is 0.130 e. The van der Waals surface area contributed by atoms with Crippen molar-refractivity contribution in [2.75, 3.05) is 7.05 Å². The number of halogens is 2. The van der Waals surface area contributed by atoms with Crippen LogP contribution >= 0.6 is 0 Å². The highest BCUT2D eigenvalue weighted by molar-refractivity contribution is 5.18. The fourth-order valence-corrected chi connectivity index (χ4v) is 3.50. The second-order valence-electron chi connectivity index (χ2n) is 5.84. The highest BCUT2D eigenvalue weighted by Crippen LogP contribution is 2.34. The summed E-state index contributed by atoms with van der Waals surface area (Å²) in [5.74, 6) is -0.970. The van der Waals surface area contributed by atoms with E-state index in [1.54, 1.807) is 0 Å². The largest absolute Gasteiger partial charge is 0.310 e. The molecule has 2 bridgehead atoms. The van der Waals surface area contributed by atoms with Gasteiger partial charge in [-0.05, 0) is 38.8 Å². The van der Waals surface area contributed by atoms with Crippen LogP contribution in [-0.2, 0) is 6.54 Å². The van der Waals surface area contributed by atoms with E-state index in [1.807, 2.05) is 0 Å². The van der Waals surface area contributed by atoms with Crippen LogP contribution in [-0.4, -0.2) is 30.1 Å². The van der Waals surface area contributed by atoms with E-state index in [9.17, 15) is 8.78 Å². The Morgan fingerprint density at radius 1 is 1.21 bits per heavy atom. The number of rotatable bonds is 3. The van der Waals surface area contributed by atoms with Gasteiger partial charge < -0.3 is 10.2 Å². The molecule has 2 fully saturated rings. The topological polar surface area (TPSA) is 15.3 Å². The van der Waals surface area contributed by atoms with Gasteiger partial charge >= 0.3 is 0 Å². The molecule has 104 valence electrons. The molecule has 19 heavy (non-hydrogen) atoms. The third-order valence-corrected chi connectivity index (χ3v) is 4.69. The summed E-state index contributed by atoms with van der Waals surface area (Å²) in [5.41, 5.74) is 0.549. The van der Waals surface area contributed by atoms with Crippen molar-refractivity contribution in [1.29, 1.82) is 0 Å². The molecule has 2 nitrogen and oxygen atoms in total. The molecule has 1 N–H and O–H groups in total. The van der Waals surface area contributed by atoms with Gasteiger partial charge in [-0.15, -0.1) is 0 Å². The van der Waals surface area contributed by atoms with Crippen molar-refractivity contribution in [2.24, 2.45) is 0 Å². The average molecular weight is 266 g/mol. The first-order chi connectivity index (χ1) is 9.13. The van der Waals surface area contributed by atoms with Crippen LogP contribution in [0.25, 0.3) is 0 Å². The number of hydrogen-bond acceptors (Lipinski definition) is 2. The molecule has 0 radical (unpaired) electrons. The van der Waals surface area contributed by atoms with Crippen LogP contribution in [0.2, 0.25) is 0 Å². The number of piperidine rings is 1. The van der Waals surface area contributed by atoms with Gasteiger partial charge in [0.05, 0.1) is 0 Å². The second kappa shape index (κ2) is 5.17. The lowest BCUT2D eigenvalue weighted by atomic mass is 9.98. The van der Waals surface area contributed by atoms with Crippen LogP contribution in [0.5, 0.6) is 0 Å². The molecule has 0 saturated carbocycles. The Morgan fingerprint density at radius 3 is 2.53 bits per heavy atom. The van der Waals surface area contributed by atoms with Crippen LogP contribution in [0, 0.1) is 11.6 Å². The van der Waals surface area contributed by atoms with E-state index in [0.29, 0.717) is 30.2 Å². The Labute approximate surface area is 112 Å². The summed E-state index contributed by atoms with van der Waals surface area (Å²) in [7, 11) is 2.21. The first-order valence-electron chi connectivity index (χ1n) is 7.02. The van der Waals surface area contributed by atoms with Gasteiger partial charge in [-0.2, -0.15) is 0 Å². The van der Waals surface area contributed by atoms with Crippen molar-refractivity contribution in [2.45, 2.75) is 50.4 Å². The van der Waals surface area contributed by atoms with E-state index in [1.165, 1.54) is 25.0 Å². The van der Waals surface area contributed by atoms with Crippen LogP contribution in [0.1, 0.15) is 31.2 Å². The summed E-state index contributed by atoms with van der Waals surface area (Å²) in [5, 5.41) is 3.43. The number of hydrogen-bond donors (Lipinski definition) is 1. The highest BCUT2D eigenvalue weighted by Gasteiger charge is 2.38. The van der Waals surface area contributed by atoms with Gasteiger partial charge in [0.1, 0.15) is 11.6 Å². The predicted molar refractivity (Wildman–Crippen MR) is 70.8 cm³/mol. The lowest BCUT2D eigenvalue weighted by molar-refractivity contribution is 0.148. The Hall–Kier alpha value is -1.00. The van der Waals surface area contributed by atoms with Gasteiger partial charge in [-0.1, -0.05) is 6.07 Å². The summed E-state index contributed by atoms with van der Waals surface area (Å²) < 4.78 is 26.4. The molecular formula is C15H20F2N2. The second-order valence-corrected chi connectivity index (χ2v) is 5.84. The van der Waals surface area contributed by atoms with Crippen molar-refractivity contribution in [1.82, 2.24) is 10.2 Å². The maximum Gasteiger partial charge on any atom is 0.130 e. The average Bonchev–Trinajstić information content (AvgIpc) is 2.62.